The molecule has 0 aliphatic heterocycles. The van der Waals surface area contributed by atoms with E-state index in [0.717, 1.165) is 17.3 Å². The summed E-state index contributed by atoms with van der Waals surface area (Å²) in [5, 5.41) is 3.40. The molecule has 2 aromatic rings. The molecule has 0 radical (unpaired) electrons. The Balaban J connectivity index is 1.92. The van der Waals surface area contributed by atoms with Crippen LogP contribution in [0.3, 0.4) is 0 Å². The predicted molar refractivity (Wildman–Crippen MR) is 77.1 cm³/mol. The van der Waals surface area contributed by atoms with Gasteiger partial charge in [0, 0.05) is 22.9 Å². The van der Waals surface area contributed by atoms with Gasteiger partial charge in [-0.2, -0.15) is 0 Å². The van der Waals surface area contributed by atoms with Crippen LogP contribution >= 0.6 is 15.9 Å². The van der Waals surface area contributed by atoms with Crippen LogP contribution in [-0.4, -0.2) is 15.6 Å². The first kappa shape index (κ1) is 12.7. The number of nitrogens with one attached hydrogen (secondary N) is 1. The maximum atomic E-state index is 13.9. The van der Waals surface area contributed by atoms with Gasteiger partial charge in [0.1, 0.15) is 5.82 Å². The van der Waals surface area contributed by atoms with Gasteiger partial charge < -0.3 is 5.32 Å². The average molecular weight is 324 g/mol. The second-order valence-electron chi connectivity index (χ2n) is 4.84. The third-order valence-corrected chi connectivity index (χ3v) is 3.99. The summed E-state index contributed by atoms with van der Waals surface area (Å²) in [5.41, 5.74) is 0.507. The molecule has 1 aromatic carbocycles. The fourth-order valence-corrected chi connectivity index (χ4v) is 2.88. The first-order chi connectivity index (χ1) is 9.24. The van der Waals surface area contributed by atoms with E-state index in [1.54, 1.807) is 29.1 Å². The molecule has 0 amide bonds. The highest BCUT2D eigenvalue weighted by Crippen LogP contribution is 2.25. The molecule has 0 bridgehead atoms. The molecule has 1 aromatic heterocycles. The maximum Gasteiger partial charge on any atom is 0.207 e. The number of hydrogen-bond acceptors (Lipinski definition) is 2. The third-order valence-electron chi connectivity index (χ3n) is 3.50. The molecule has 1 aliphatic rings. The Morgan fingerprint density at radius 2 is 2.11 bits per heavy atom. The fourth-order valence-electron chi connectivity index (χ4n) is 2.53. The Kier molecular flexibility index (Phi) is 3.55. The molecular formula is C14H15BrFN3. The summed E-state index contributed by atoms with van der Waals surface area (Å²) in [6.07, 6.45) is 8.30. The van der Waals surface area contributed by atoms with Crippen LogP contribution in [-0.2, 0) is 0 Å². The molecule has 3 rings (SSSR count). The van der Waals surface area contributed by atoms with Crippen molar-refractivity contribution in [1.82, 2.24) is 9.55 Å². The molecule has 0 saturated heterocycles. The zero-order valence-corrected chi connectivity index (χ0v) is 12.0. The van der Waals surface area contributed by atoms with Gasteiger partial charge in [0.05, 0.1) is 5.69 Å². The number of anilines is 1. The Morgan fingerprint density at radius 3 is 2.89 bits per heavy atom. The van der Waals surface area contributed by atoms with Gasteiger partial charge in [0.15, 0.2) is 0 Å². The van der Waals surface area contributed by atoms with E-state index in [0.29, 0.717) is 17.7 Å². The van der Waals surface area contributed by atoms with Crippen molar-refractivity contribution in [2.24, 2.45) is 0 Å². The average Bonchev–Trinajstić information content (AvgIpc) is 3.04. The minimum absolute atomic E-state index is 0.254. The summed E-state index contributed by atoms with van der Waals surface area (Å²) in [4.78, 5) is 4.30. The highest BCUT2D eigenvalue weighted by molar-refractivity contribution is 9.10. The number of imidazole rings is 1. The second kappa shape index (κ2) is 5.33. The SMILES string of the molecule is Fc1ccc(Br)cc1-n1ccnc1NC1CCCC1. The fraction of sp³-hybridized carbons (Fsp3) is 0.357. The zero-order valence-electron chi connectivity index (χ0n) is 10.4. The van der Waals surface area contributed by atoms with Crippen LogP contribution < -0.4 is 5.32 Å². The molecular weight excluding hydrogens is 309 g/mol. The van der Waals surface area contributed by atoms with Crippen molar-refractivity contribution in [3.8, 4) is 5.69 Å². The van der Waals surface area contributed by atoms with Crippen molar-refractivity contribution in [3.63, 3.8) is 0 Å². The van der Waals surface area contributed by atoms with Crippen LogP contribution in [0.4, 0.5) is 10.3 Å². The third kappa shape index (κ3) is 2.66. The van der Waals surface area contributed by atoms with Gasteiger partial charge in [0.2, 0.25) is 5.95 Å². The van der Waals surface area contributed by atoms with E-state index in [1.807, 2.05) is 0 Å². The Bertz CT molecular complexity index is 576. The lowest BCUT2D eigenvalue weighted by molar-refractivity contribution is 0.617. The van der Waals surface area contributed by atoms with E-state index < -0.39 is 0 Å². The Labute approximate surface area is 120 Å². The lowest BCUT2D eigenvalue weighted by Gasteiger charge is -2.15. The second-order valence-corrected chi connectivity index (χ2v) is 5.76. The largest absolute Gasteiger partial charge is 0.353 e. The van der Waals surface area contributed by atoms with Crippen molar-refractivity contribution < 1.29 is 4.39 Å². The van der Waals surface area contributed by atoms with Crippen LogP contribution in [0.15, 0.2) is 35.1 Å². The minimum Gasteiger partial charge on any atom is -0.353 e. The van der Waals surface area contributed by atoms with Gasteiger partial charge in [-0.25, -0.2) is 9.37 Å². The number of benzene rings is 1. The quantitative estimate of drug-likeness (QED) is 0.920. The molecule has 0 atom stereocenters. The molecule has 1 N–H and O–H groups in total. The zero-order chi connectivity index (χ0) is 13.2. The van der Waals surface area contributed by atoms with E-state index in [1.165, 1.54) is 18.9 Å². The maximum absolute atomic E-state index is 13.9. The Hall–Kier alpha value is -1.36. The summed E-state index contributed by atoms with van der Waals surface area (Å²) in [6, 6.07) is 5.37. The van der Waals surface area contributed by atoms with Gasteiger partial charge in [-0.1, -0.05) is 28.8 Å². The first-order valence-electron chi connectivity index (χ1n) is 6.49. The summed E-state index contributed by atoms with van der Waals surface area (Å²) < 4.78 is 16.5. The normalized spacial score (nSPS) is 15.9. The smallest absolute Gasteiger partial charge is 0.207 e. The Morgan fingerprint density at radius 1 is 1.32 bits per heavy atom. The van der Waals surface area contributed by atoms with Gasteiger partial charge in [0.25, 0.3) is 0 Å². The van der Waals surface area contributed by atoms with E-state index in [9.17, 15) is 4.39 Å². The van der Waals surface area contributed by atoms with Crippen molar-refractivity contribution >= 4 is 21.9 Å². The van der Waals surface area contributed by atoms with Crippen molar-refractivity contribution in [2.75, 3.05) is 5.32 Å². The lowest BCUT2D eigenvalue weighted by atomic mass is 10.2. The highest BCUT2D eigenvalue weighted by atomic mass is 79.9. The van der Waals surface area contributed by atoms with Crippen LogP contribution in [0.5, 0.6) is 0 Å². The van der Waals surface area contributed by atoms with Crippen LogP contribution in [0, 0.1) is 5.82 Å². The van der Waals surface area contributed by atoms with Crippen LogP contribution in [0.2, 0.25) is 0 Å². The van der Waals surface area contributed by atoms with E-state index in [2.05, 4.69) is 26.2 Å². The number of nitrogens with zero attached hydrogens (tertiary/aromatic N) is 2. The monoisotopic (exact) mass is 323 g/mol. The van der Waals surface area contributed by atoms with Gasteiger partial charge in [-0.3, -0.25) is 4.57 Å². The van der Waals surface area contributed by atoms with Crippen molar-refractivity contribution in [3.05, 3.63) is 40.9 Å². The first-order valence-corrected chi connectivity index (χ1v) is 7.28. The molecule has 0 spiro atoms. The molecule has 1 fully saturated rings. The van der Waals surface area contributed by atoms with E-state index >= 15 is 0 Å². The van der Waals surface area contributed by atoms with Crippen LogP contribution in [0.25, 0.3) is 5.69 Å². The number of hydrogen-bond donors (Lipinski definition) is 1. The number of aromatic nitrogens is 2. The van der Waals surface area contributed by atoms with Gasteiger partial charge in [-0.15, -0.1) is 0 Å². The van der Waals surface area contributed by atoms with E-state index in [4.69, 9.17) is 0 Å². The summed E-state index contributed by atoms with van der Waals surface area (Å²) in [6.45, 7) is 0. The minimum atomic E-state index is -0.254. The molecule has 1 saturated carbocycles. The highest BCUT2D eigenvalue weighted by Gasteiger charge is 2.17. The molecule has 3 nitrogen and oxygen atoms in total. The molecule has 1 aliphatic carbocycles. The van der Waals surface area contributed by atoms with Gasteiger partial charge >= 0.3 is 0 Å². The molecule has 0 unspecified atom stereocenters. The standard InChI is InChI=1S/C14H15BrFN3/c15-10-5-6-12(16)13(9-10)19-8-7-17-14(19)18-11-3-1-2-4-11/h5-9,11H,1-4H2,(H,17,18). The molecule has 100 valence electrons. The van der Waals surface area contributed by atoms with Crippen molar-refractivity contribution in [2.45, 2.75) is 31.7 Å². The predicted octanol–water partition coefficient (Wildman–Crippen LogP) is 4.13. The summed E-state index contributed by atoms with van der Waals surface area (Å²) in [5.74, 6) is 0.458. The number of halogens is 2. The molecule has 1 heterocycles. The summed E-state index contributed by atoms with van der Waals surface area (Å²) >= 11 is 3.37. The van der Waals surface area contributed by atoms with Crippen molar-refractivity contribution in [1.29, 1.82) is 0 Å². The molecule has 19 heavy (non-hydrogen) atoms. The molecule has 5 heteroatoms. The van der Waals surface area contributed by atoms with Crippen LogP contribution in [0.1, 0.15) is 25.7 Å². The summed E-state index contributed by atoms with van der Waals surface area (Å²) in [7, 11) is 0. The van der Waals surface area contributed by atoms with E-state index in [-0.39, 0.29) is 5.82 Å². The lowest BCUT2D eigenvalue weighted by Crippen LogP contribution is -2.18. The number of rotatable bonds is 3. The van der Waals surface area contributed by atoms with Gasteiger partial charge in [-0.05, 0) is 31.0 Å². The topological polar surface area (TPSA) is 29.9 Å².